The lowest BCUT2D eigenvalue weighted by atomic mass is 9.86. The Labute approximate surface area is 143 Å². The molecule has 0 aliphatic carbocycles. The minimum atomic E-state index is 0.614. The first kappa shape index (κ1) is 15.3. The van der Waals surface area contributed by atoms with E-state index in [1.165, 1.54) is 46.5 Å². The molecule has 4 nitrogen and oxygen atoms in total. The van der Waals surface area contributed by atoms with Gasteiger partial charge in [-0.1, -0.05) is 31.2 Å². The molecule has 0 radical (unpaired) electrons. The number of hydrogen-bond donors (Lipinski definition) is 1. The second-order valence-electron chi connectivity index (χ2n) is 7.01. The lowest BCUT2D eigenvalue weighted by Crippen LogP contribution is -2.26. The van der Waals surface area contributed by atoms with Crippen LogP contribution >= 0.6 is 0 Å². The number of H-pyrrole nitrogens is 1. The van der Waals surface area contributed by atoms with Crippen molar-refractivity contribution in [3.63, 3.8) is 0 Å². The number of carbonyl (C=O) groups excluding carboxylic acids is 1. The number of hydrogen-bond acceptors (Lipinski definition) is 1. The topological polar surface area (TPSA) is 41.0 Å². The number of carbonyl (C=O) groups is 1. The van der Waals surface area contributed by atoms with E-state index in [9.17, 15) is 4.79 Å². The third kappa shape index (κ3) is 2.41. The normalized spacial score (nSPS) is 20.2. The third-order valence-electron chi connectivity index (χ3n) is 5.63. The van der Waals surface area contributed by atoms with Gasteiger partial charge in [0.1, 0.15) is 0 Å². The number of aromatic nitrogens is 2. The van der Waals surface area contributed by atoms with Crippen molar-refractivity contribution in [2.24, 2.45) is 0 Å². The molecule has 1 N–H and O–H groups in total. The number of fused-ring (bicyclic) bond motifs is 3. The number of nitrogens with one attached hydrogen (secondary N) is 1. The zero-order chi connectivity index (χ0) is 16.7. The molecule has 1 atom stereocenters. The molecule has 1 aromatic carbocycles. The van der Waals surface area contributed by atoms with Crippen molar-refractivity contribution in [2.75, 3.05) is 13.1 Å². The van der Waals surface area contributed by atoms with Crippen molar-refractivity contribution in [1.82, 2.24) is 14.7 Å². The second-order valence-corrected chi connectivity index (χ2v) is 7.01. The number of amides is 1. The van der Waals surface area contributed by atoms with Crippen molar-refractivity contribution in [3.05, 3.63) is 41.1 Å². The van der Waals surface area contributed by atoms with E-state index in [-0.39, 0.29) is 0 Å². The number of benzene rings is 1. The molecule has 2 aromatic rings. The van der Waals surface area contributed by atoms with E-state index in [2.05, 4.69) is 47.9 Å². The first-order chi connectivity index (χ1) is 11.7. The number of nitrogens with zero attached hydrogens (tertiary/aromatic N) is 2. The monoisotopic (exact) mass is 323 g/mol. The summed E-state index contributed by atoms with van der Waals surface area (Å²) in [6.07, 6.45) is 6.47. The van der Waals surface area contributed by atoms with Crippen molar-refractivity contribution in [2.45, 2.75) is 45.6 Å². The number of rotatable bonds is 3. The fourth-order valence-corrected chi connectivity index (χ4v) is 4.20. The van der Waals surface area contributed by atoms with Gasteiger partial charge >= 0.3 is 0 Å². The molecule has 3 heterocycles. The molecule has 0 saturated carbocycles. The van der Waals surface area contributed by atoms with E-state index in [0.29, 0.717) is 5.92 Å². The van der Waals surface area contributed by atoms with Gasteiger partial charge in [-0.2, -0.15) is 0 Å². The Morgan fingerprint density at radius 3 is 2.88 bits per heavy atom. The fourth-order valence-electron chi connectivity index (χ4n) is 4.20. The molecule has 1 unspecified atom stereocenters. The molecule has 4 rings (SSSR count). The summed E-state index contributed by atoms with van der Waals surface area (Å²) in [6, 6.07) is 6.97. The SMILES string of the molecule is CCC1CCn2[nH]c(C)c2-c2ccc(C3=CCN(C=O)CC3)cc21. The summed E-state index contributed by atoms with van der Waals surface area (Å²) in [5.74, 6) is 0.614. The van der Waals surface area contributed by atoms with Gasteiger partial charge in [-0.15, -0.1) is 0 Å². The predicted molar refractivity (Wildman–Crippen MR) is 96.8 cm³/mol. The minimum Gasteiger partial charge on any atom is -0.341 e. The largest absolute Gasteiger partial charge is 0.341 e. The molecule has 0 spiro atoms. The van der Waals surface area contributed by atoms with Crippen LogP contribution in [-0.2, 0) is 11.3 Å². The zero-order valence-corrected chi connectivity index (χ0v) is 14.5. The van der Waals surface area contributed by atoms with Crippen molar-refractivity contribution >= 4 is 12.0 Å². The van der Waals surface area contributed by atoms with E-state index in [1.807, 2.05) is 4.90 Å². The van der Waals surface area contributed by atoms with Crippen molar-refractivity contribution in [3.8, 4) is 11.3 Å². The van der Waals surface area contributed by atoms with Crippen LogP contribution in [0.15, 0.2) is 24.3 Å². The molecule has 0 bridgehead atoms. The second kappa shape index (κ2) is 6.00. The molecule has 4 heteroatoms. The first-order valence-electron chi connectivity index (χ1n) is 8.99. The smallest absolute Gasteiger partial charge is 0.209 e. The quantitative estimate of drug-likeness (QED) is 0.854. The fraction of sp³-hybridized carbons (Fsp3) is 0.450. The Hall–Kier alpha value is -2.23. The summed E-state index contributed by atoms with van der Waals surface area (Å²) in [7, 11) is 0. The van der Waals surface area contributed by atoms with Crippen LogP contribution in [0, 0.1) is 6.92 Å². The lowest BCUT2D eigenvalue weighted by Gasteiger charge is -2.24. The molecule has 0 fully saturated rings. The molecule has 126 valence electrons. The molecule has 2 aliphatic heterocycles. The zero-order valence-electron chi connectivity index (χ0n) is 14.5. The van der Waals surface area contributed by atoms with Gasteiger partial charge in [0.15, 0.2) is 0 Å². The highest BCUT2D eigenvalue weighted by atomic mass is 16.1. The summed E-state index contributed by atoms with van der Waals surface area (Å²) in [5, 5.41) is 3.42. The van der Waals surface area contributed by atoms with Crippen LogP contribution in [-0.4, -0.2) is 34.2 Å². The molecule has 24 heavy (non-hydrogen) atoms. The van der Waals surface area contributed by atoms with Gasteiger partial charge in [-0.25, -0.2) is 0 Å². The van der Waals surface area contributed by atoms with Gasteiger partial charge in [0.25, 0.3) is 0 Å². The Bertz CT molecular complexity index is 796. The van der Waals surface area contributed by atoms with Gasteiger partial charge in [-0.3, -0.25) is 9.48 Å². The summed E-state index contributed by atoms with van der Waals surface area (Å²) >= 11 is 0. The van der Waals surface area contributed by atoms with Gasteiger partial charge < -0.3 is 10.00 Å². The highest BCUT2D eigenvalue weighted by Crippen LogP contribution is 2.40. The van der Waals surface area contributed by atoms with Crippen LogP contribution in [0.1, 0.15) is 48.9 Å². The van der Waals surface area contributed by atoms with E-state index in [0.717, 1.165) is 32.5 Å². The molecule has 2 aliphatic rings. The number of aryl methyl sites for hydroxylation is 2. The molecular formula is C20H25N3O. The van der Waals surface area contributed by atoms with Crippen LogP contribution in [0.2, 0.25) is 0 Å². The molecule has 1 amide bonds. The van der Waals surface area contributed by atoms with Crippen LogP contribution in [0.25, 0.3) is 16.8 Å². The van der Waals surface area contributed by atoms with E-state index < -0.39 is 0 Å². The molecule has 1 aromatic heterocycles. The average Bonchev–Trinajstić information content (AvgIpc) is 2.74. The van der Waals surface area contributed by atoms with Crippen LogP contribution in [0.5, 0.6) is 0 Å². The number of aromatic amines is 1. The minimum absolute atomic E-state index is 0.614. The summed E-state index contributed by atoms with van der Waals surface area (Å²) < 4.78 is 2.30. The average molecular weight is 323 g/mol. The van der Waals surface area contributed by atoms with Gasteiger partial charge in [0, 0.05) is 25.2 Å². The summed E-state index contributed by atoms with van der Waals surface area (Å²) in [5.41, 5.74) is 8.25. The van der Waals surface area contributed by atoms with Crippen LogP contribution < -0.4 is 0 Å². The summed E-state index contributed by atoms with van der Waals surface area (Å²) in [4.78, 5) is 12.7. The van der Waals surface area contributed by atoms with Crippen LogP contribution in [0.3, 0.4) is 0 Å². The maximum atomic E-state index is 10.9. The van der Waals surface area contributed by atoms with Crippen LogP contribution in [0.4, 0.5) is 0 Å². The summed E-state index contributed by atoms with van der Waals surface area (Å²) in [6.45, 7) is 7.08. The van der Waals surface area contributed by atoms with E-state index in [4.69, 9.17) is 0 Å². The Morgan fingerprint density at radius 1 is 1.33 bits per heavy atom. The van der Waals surface area contributed by atoms with E-state index in [1.54, 1.807) is 0 Å². The Morgan fingerprint density at radius 2 is 2.21 bits per heavy atom. The Balaban J connectivity index is 1.75. The van der Waals surface area contributed by atoms with Crippen molar-refractivity contribution in [1.29, 1.82) is 0 Å². The van der Waals surface area contributed by atoms with Gasteiger partial charge in [0.2, 0.25) is 6.41 Å². The maximum absolute atomic E-state index is 10.9. The van der Waals surface area contributed by atoms with Gasteiger partial charge in [-0.05, 0) is 48.8 Å². The highest BCUT2D eigenvalue weighted by molar-refractivity contribution is 5.75. The molecular weight excluding hydrogens is 298 g/mol. The first-order valence-corrected chi connectivity index (χ1v) is 8.99. The molecule has 0 saturated heterocycles. The lowest BCUT2D eigenvalue weighted by molar-refractivity contribution is -0.117. The third-order valence-corrected chi connectivity index (χ3v) is 5.63. The predicted octanol–water partition coefficient (Wildman–Crippen LogP) is 3.93. The van der Waals surface area contributed by atoms with Gasteiger partial charge in [0.05, 0.1) is 11.4 Å². The van der Waals surface area contributed by atoms with E-state index >= 15 is 0 Å². The van der Waals surface area contributed by atoms with Crippen molar-refractivity contribution < 1.29 is 4.79 Å². The standard InChI is InChI=1S/C20H25N3O/c1-3-15-8-11-23-20(14(2)21-23)18-5-4-17(12-19(15)18)16-6-9-22(13-24)10-7-16/h4-6,12-13,15,21H,3,7-11H2,1-2H3. The maximum Gasteiger partial charge on any atom is 0.209 e. The highest BCUT2D eigenvalue weighted by Gasteiger charge is 2.25. The Kier molecular flexibility index (Phi) is 3.83.